The molecule has 1 aliphatic carbocycles. The molecule has 7 aromatic rings. The zero-order valence-electron chi connectivity index (χ0n) is 23.2. The van der Waals surface area contributed by atoms with Crippen molar-refractivity contribution in [1.29, 1.82) is 5.26 Å². The van der Waals surface area contributed by atoms with Crippen LogP contribution in [0.3, 0.4) is 0 Å². The van der Waals surface area contributed by atoms with Gasteiger partial charge in [0.25, 0.3) is 0 Å². The molecule has 0 saturated carbocycles. The number of nitriles is 1. The van der Waals surface area contributed by atoms with Gasteiger partial charge in [-0.15, -0.1) is 11.3 Å². The molecule has 1 aromatic heterocycles. The van der Waals surface area contributed by atoms with Crippen LogP contribution in [0.2, 0.25) is 0 Å². The molecule has 6 aromatic carbocycles. The molecule has 194 valence electrons. The Balaban J connectivity index is 1.41. The first kappa shape index (κ1) is 24.1. The molecule has 0 spiro atoms. The molecule has 0 unspecified atom stereocenters. The molecule has 1 heterocycles. The average molecular weight is 542 g/mol. The highest BCUT2D eigenvalue weighted by Gasteiger charge is 2.39. The quantitative estimate of drug-likeness (QED) is 0.200. The van der Waals surface area contributed by atoms with Crippen molar-refractivity contribution in [3.05, 3.63) is 131 Å². The lowest BCUT2D eigenvalue weighted by molar-refractivity contribution is 0.667. The van der Waals surface area contributed by atoms with E-state index in [2.05, 4.69) is 130 Å². The Morgan fingerprint density at radius 2 is 1.22 bits per heavy atom. The third kappa shape index (κ3) is 3.40. The zero-order chi connectivity index (χ0) is 27.9. The summed E-state index contributed by atoms with van der Waals surface area (Å²) < 4.78 is 1.25. The van der Waals surface area contributed by atoms with Crippen molar-refractivity contribution in [2.45, 2.75) is 26.2 Å². The van der Waals surface area contributed by atoms with E-state index in [0.717, 1.165) is 5.56 Å². The Morgan fingerprint density at radius 3 is 1.83 bits per heavy atom. The normalized spacial score (nSPS) is 13.4. The van der Waals surface area contributed by atoms with E-state index < -0.39 is 0 Å². The Labute approximate surface area is 243 Å². The molecule has 1 aliphatic rings. The maximum Gasteiger partial charge on any atom is 0.0991 e. The minimum absolute atomic E-state index is 0.166. The van der Waals surface area contributed by atoms with Crippen LogP contribution in [0.25, 0.3) is 64.3 Å². The predicted octanol–water partition coefficient (Wildman–Crippen LogP) is 11.0. The van der Waals surface area contributed by atoms with Crippen LogP contribution < -0.4 is 0 Å². The van der Waals surface area contributed by atoms with Gasteiger partial charge < -0.3 is 0 Å². The summed E-state index contributed by atoms with van der Waals surface area (Å²) in [4.78, 5) is 1.34. The fraction of sp³-hybridized carbons (Fsp3) is 0.103. The van der Waals surface area contributed by atoms with E-state index in [1.807, 2.05) is 17.4 Å². The molecular weight excluding hydrogens is 515 g/mol. The van der Waals surface area contributed by atoms with E-state index in [1.165, 1.54) is 81.0 Å². The van der Waals surface area contributed by atoms with Crippen molar-refractivity contribution in [3.8, 4) is 38.8 Å². The lowest BCUT2D eigenvalue weighted by Gasteiger charge is -2.23. The van der Waals surface area contributed by atoms with E-state index in [1.54, 1.807) is 0 Å². The fourth-order valence-corrected chi connectivity index (χ4v) is 8.38. The molecule has 0 fully saturated rings. The van der Waals surface area contributed by atoms with E-state index in [4.69, 9.17) is 0 Å². The molecule has 41 heavy (non-hydrogen) atoms. The van der Waals surface area contributed by atoms with Gasteiger partial charge in [-0.2, -0.15) is 5.26 Å². The number of thiophene rings is 1. The van der Waals surface area contributed by atoms with Crippen LogP contribution in [0.4, 0.5) is 0 Å². The Bertz CT molecular complexity index is 2180. The first-order chi connectivity index (χ1) is 20.0. The van der Waals surface area contributed by atoms with E-state index in [9.17, 15) is 5.26 Å². The first-order valence-electron chi connectivity index (χ1n) is 14.1. The molecule has 1 nitrogen and oxygen atoms in total. The summed E-state index contributed by atoms with van der Waals surface area (Å²) in [5, 5.41) is 15.9. The monoisotopic (exact) mass is 541 g/mol. The Kier molecular flexibility index (Phi) is 5.08. The van der Waals surface area contributed by atoms with Crippen molar-refractivity contribution < 1.29 is 0 Å². The second-order valence-electron chi connectivity index (χ2n) is 11.7. The third-order valence-electron chi connectivity index (χ3n) is 8.94. The molecule has 0 saturated heterocycles. The second kappa shape index (κ2) is 8.64. The predicted molar refractivity (Wildman–Crippen MR) is 175 cm³/mol. The molecule has 0 bridgehead atoms. The van der Waals surface area contributed by atoms with Crippen molar-refractivity contribution in [2.24, 2.45) is 0 Å². The number of nitrogens with zero attached hydrogens (tertiary/aromatic N) is 1. The van der Waals surface area contributed by atoms with Gasteiger partial charge in [0.1, 0.15) is 0 Å². The largest absolute Gasteiger partial charge is 0.192 e. The first-order valence-corrected chi connectivity index (χ1v) is 14.9. The molecule has 0 aliphatic heterocycles. The van der Waals surface area contributed by atoms with Crippen LogP contribution in [0, 0.1) is 18.3 Å². The lowest BCUT2D eigenvalue weighted by atomic mass is 9.79. The number of aryl methyl sites for hydroxylation is 1. The van der Waals surface area contributed by atoms with Gasteiger partial charge in [0.2, 0.25) is 0 Å². The summed E-state index contributed by atoms with van der Waals surface area (Å²) in [5.41, 5.74) is 10.9. The highest BCUT2D eigenvalue weighted by atomic mass is 32.1. The fourth-order valence-electron chi connectivity index (χ4n) is 7.00. The molecule has 0 radical (unpaired) electrons. The lowest BCUT2D eigenvalue weighted by Crippen LogP contribution is -2.15. The topological polar surface area (TPSA) is 23.8 Å². The highest BCUT2D eigenvalue weighted by molar-refractivity contribution is 7.22. The van der Waals surface area contributed by atoms with Crippen LogP contribution in [-0.4, -0.2) is 0 Å². The molecule has 0 N–H and O–H groups in total. The zero-order valence-corrected chi connectivity index (χ0v) is 24.1. The Hall–Kier alpha value is -4.71. The summed E-state index contributed by atoms with van der Waals surface area (Å²) in [7, 11) is 0. The molecule has 8 rings (SSSR count). The van der Waals surface area contributed by atoms with Gasteiger partial charge in [-0.3, -0.25) is 0 Å². The number of hydrogen-bond donors (Lipinski definition) is 0. The van der Waals surface area contributed by atoms with Crippen LogP contribution in [0.1, 0.15) is 36.1 Å². The van der Waals surface area contributed by atoms with Gasteiger partial charge in [0.05, 0.1) is 11.6 Å². The van der Waals surface area contributed by atoms with E-state index in [-0.39, 0.29) is 5.41 Å². The van der Waals surface area contributed by atoms with Crippen molar-refractivity contribution in [2.75, 3.05) is 0 Å². The summed E-state index contributed by atoms with van der Waals surface area (Å²) in [5.74, 6) is 0. The van der Waals surface area contributed by atoms with Crippen LogP contribution in [0.5, 0.6) is 0 Å². The van der Waals surface area contributed by atoms with E-state index >= 15 is 0 Å². The van der Waals surface area contributed by atoms with Crippen molar-refractivity contribution >= 4 is 43.0 Å². The van der Waals surface area contributed by atoms with Crippen LogP contribution >= 0.6 is 11.3 Å². The van der Waals surface area contributed by atoms with Gasteiger partial charge in [-0.25, -0.2) is 0 Å². The minimum atomic E-state index is -0.166. The maximum absolute atomic E-state index is 9.58. The van der Waals surface area contributed by atoms with Gasteiger partial charge in [-0.1, -0.05) is 104 Å². The molecular formula is C39H27NS. The highest BCUT2D eigenvalue weighted by Crippen LogP contribution is 2.56. The smallest absolute Gasteiger partial charge is 0.0991 e. The van der Waals surface area contributed by atoms with Crippen LogP contribution in [-0.2, 0) is 5.41 Å². The summed E-state index contributed by atoms with van der Waals surface area (Å²) in [6.07, 6.45) is 0. The molecule has 2 heteroatoms. The van der Waals surface area contributed by atoms with Crippen molar-refractivity contribution in [3.63, 3.8) is 0 Å². The van der Waals surface area contributed by atoms with Gasteiger partial charge >= 0.3 is 0 Å². The van der Waals surface area contributed by atoms with Crippen molar-refractivity contribution in [1.82, 2.24) is 0 Å². The SMILES string of the molecule is Cc1ccc(-c2c3ccccc3c(-c3ccc4c(c3)C(C)(C)c3c-4sc4ccc(C#N)cc34)c3ccccc23)cc1. The maximum atomic E-state index is 9.58. The standard InChI is InChI=1S/C39H27NS/c1-23-12-15-25(16-13-23)35-27-8-4-6-10-29(27)36(30-11-7-5-9-28(30)35)26-17-18-31-33(21-26)39(2,3)37-32-20-24(22-40)14-19-34(32)41-38(31)37/h4-21H,1-3H3. The number of benzene rings is 6. The average Bonchev–Trinajstić information content (AvgIpc) is 3.49. The Morgan fingerprint density at radius 1 is 0.634 bits per heavy atom. The molecule has 0 amide bonds. The van der Waals surface area contributed by atoms with Gasteiger partial charge in [-0.05, 0) is 97.1 Å². The summed E-state index contributed by atoms with van der Waals surface area (Å²) >= 11 is 1.85. The number of hydrogen-bond acceptors (Lipinski definition) is 2. The number of rotatable bonds is 2. The van der Waals surface area contributed by atoms with E-state index in [0.29, 0.717) is 0 Å². The minimum Gasteiger partial charge on any atom is -0.192 e. The number of fused-ring (bicyclic) bond motifs is 7. The summed E-state index contributed by atoms with van der Waals surface area (Å²) in [6, 6.07) is 42.2. The third-order valence-corrected chi connectivity index (χ3v) is 10.1. The van der Waals surface area contributed by atoms with Gasteiger partial charge in [0, 0.05) is 15.0 Å². The van der Waals surface area contributed by atoms with Crippen LogP contribution in [0.15, 0.2) is 109 Å². The second-order valence-corrected chi connectivity index (χ2v) is 12.8. The summed E-state index contributed by atoms with van der Waals surface area (Å²) in [6.45, 7) is 6.81. The molecule has 0 atom stereocenters. The van der Waals surface area contributed by atoms with Gasteiger partial charge in [0.15, 0.2) is 0 Å².